The van der Waals surface area contributed by atoms with Crippen LogP contribution in [0.25, 0.3) is 0 Å². The number of benzene rings is 2. The standard InChI is InChI=1S/C14H12ClIN2O2/c1-9(10-2-5-12(6-3-10)18(19)20)17-14-7-4-11(16)8-13(14)15/h2-9,17H,1H3. The Balaban J connectivity index is 2.15. The number of hydrogen-bond donors (Lipinski definition) is 1. The molecule has 2 aromatic carbocycles. The summed E-state index contributed by atoms with van der Waals surface area (Å²) in [4.78, 5) is 10.2. The Hall–Kier alpha value is -1.34. The molecular formula is C14H12ClIN2O2. The summed E-state index contributed by atoms with van der Waals surface area (Å²) < 4.78 is 1.07. The second-order valence-electron chi connectivity index (χ2n) is 4.34. The molecule has 0 aliphatic carbocycles. The van der Waals surface area contributed by atoms with E-state index in [9.17, 15) is 10.1 Å². The fraction of sp³-hybridized carbons (Fsp3) is 0.143. The summed E-state index contributed by atoms with van der Waals surface area (Å²) in [6, 6.07) is 12.3. The zero-order valence-electron chi connectivity index (χ0n) is 10.6. The molecule has 6 heteroatoms. The third-order valence-corrected chi connectivity index (χ3v) is 3.89. The SMILES string of the molecule is CC(Nc1ccc(I)cc1Cl)c1ccc([N+](=O)[O-])cc1. The highest BCUT2D eigenvalue weighted by molar-refractivity contribution is 14.1. The van der Waals surface area contributed by atoms with Crippen LogP contribution in [0, 0.1) is 13.7 Å². The first-order valence-corrected chi connectivity index (χ1v) is 7.39. The molecule has 0 aliphatic heterocycles. The van der Waals surface area contributed by atoms with Crippen molar-refractivity contribution in [1.29, 1.82) is 0 Å². The average molecular weight is 403 g/mol. The third-order valence-electron chi connectivity index (χ3n) is 2.91. The molecule has 0 radical (unpaired) electrons. The Kier molecular flexibility index (Phi) is 4.82. The van der Waals surface area contributed by atoms with Gasteiger partial charge < -0.3 is 5.32 Å². The Morgan fingerprint density at radius 1 is 1.25 bits per heavy atom. The van der Waals surface area contributed by atoms with Crippen molar-refractivity contribution in [2.24, 2.45) is 0 Å². The molecule has 1 atom stereocenters. The summed E-state index contributed by atoms with van der Waals surface area (Å²) in [7, 11) is 0. The minimum atomic E-state index is -0.405. The van der Waals surface area contributed by atoms with Crippen LogP contribution >= 0.6 is 34.2 Å². The average Bonchev–Trinajstić information content (AvgIpc) is 2.42. The predicted molar refractivity (Wildman–Crippen MR) is 89.3 cm³/mol. The highest BCUT2D eigenvalue weighted by Crippen LogP contribution is 2.28. The van der Waals surface area contributed by atoms with Gasteiger partial charge in [0.05, 0.1) is 15.6 Å². The maximum absolute atomic E-state index is 10.6. The third kappa shape index (κ3) is 3.61. The van der Waals surface area contributed by atoms with Crippen LogP contribution in [-0.4, -0.2) is 4.92 Å². The molecule has 0 aliphatic rings. The van der Waals surface area contributed by atoms with Crippen LogP contribution in [0.2, 0.25) is 5.02 Å². The van der Waals surface area contributed by atoms with E-state index in [1.165, 1.54) is 12.1 Å². The summed E-state index contributed by atoms with van der Waals surface area (Å²) in [5, 5.41) is 14.6. The number of nitrogens with zero attached hydrogens (tertiary/aromatic N) is 1. The van der Waals surface area contributed by atoms with Crippen molar-refractivity contribution in [3.05, 3.63) is 66.7 Å². The van der Waals surface area contributed by atoms with Crippen LogP contribution in [0.1, 0.15) is 18.5 Å². The summed E-state index contributed by atoms with van der Waals surface area (Å²) in [6.45, 7) is 1.98. The van der Waals surface area contributed by atoms with Crippen molar-refractivity contribution in [2.45, 2.75) is 13.0 Å². The lowest BCUT2D eigenvalue weighted by Crippen LogP contribution is -2.07. The lowest BCUT2D eigenvalue weighted by Gasteiger charge is -2.16. The number of anilines is 1. The lowest BCUT2D eigenvalue weighted by molar-refractivity contribution is -0.384. The quantitative estimate of drug-likeness (QED) is 0.443. The number of nitro benzene ring substituents is 1. The second-order valence-corrected chi connectivity index (χ2v) is 5.99. The Bertz CT molecular complexity index is 632. The van der Waals surface area contributed by atoms with Gasteiger partial charge in [0, 0.05) is 21.7 Å². The van der Waals surface area contributed by atoms with Crippen molar-refractivity contribution >= 4 is 45.6 Å². The van der Waals surface area contributed by atoms with Crippen LogP contribution in [-0.2, 0) is 0 Å². The molecule has 0 heterocycles. The highest BCUT2D eigenvalue weighted by Gasteiger charge is 2.10. The van der Waals surface area contributed by atoms with Crippen LogP contribution in [0.15, 0.2) is 42.5 Å². The summed E-state index contributed by atoms with van der Waals surface area (Å²) in [6.07, 6.45) is 0. The Labute approximate surface area is 135 Å². The molecule has 1 unspecified atom stereocenters. The van der Waals surface area contributed by atoms with Gasteiger partial charge in [0.1, 0.15) is 0 Å². The molecule has 0 fully saturated rings. The minimum absolute atomic E-state index is 0.00775. The topological polar surface area (TPSA) is 55.2 Å². The first-order chi connectivity index (χ1) is 9.47. The van der Waals surface area contributed by atoms with Gasteiger partial charge in [0.15, 0.2) is 0 Å². The van der Waals surface area contributed by atoms with Gasteiger partial charge in [-0.1, -0.05) is 23.7 Å². The molecule has 2 aromatic rings. The Morgan fingerprint density at radius 2 is 1.90 bits per heavy atom. The maximum atomic E-state index is 10.6. The summed E-state index contributed by atoms with van der Waals surface area (Å²) >= 11 is 8.37. The van der Waals surface area contributed by atoms with Gasteiger partial charge in [-0.25, -0.2) is 0 Å². The molecule has 4 nitrogen and oxygen atoms in total. The Morgan fingerprint density at radius 3 is 2.45 bits per heavy atom. The molecule has 0 saturated heterocycles. The van der Waals surface area contributed by atoms with Crippen LogP contribution in [0.4, 0.5) is 11.4 Å². The van der Waals surface area contributed by atoms with E-state index in [4.69, 9.17) is 11.6 Å². The zero-order chi connectivity index (χ0) is 14.7. The number of nitrogens with one attached hydrogen (secondary N) is 1. The smallest absolute Gasteiger partial charge is 0.269 e. The number of nitro groups is 1. The van der Waals surface area contributed by atoms with Gasteiger partial charge >= 0.3 is 0 Å². The van der Waals surface area contributed by atoms with Gasteiger partial charge in [0.25, 0.3) is 5.69 Å². The molecule has 104 valence electrons. The molecule has 0 spiro atoms. The maximum Gasteiger partial charge on any atom is 0.269 e. The fourth-order valence-electron chi connectivity index (χ4n) is 1.81. The lowest BCUT2D eigenvalue weighted by atomic mass is 10.1. The van der Waals surface area contributed by atoms with Crippen LogP contribution in [0.5, 0.6) is 0 Å². The van der Waals surface area contributed by atoms with E-state index in [0.29, 0.717) is 5.02 Å². The number of hydrogen-bond acceptors (Lipinski definition) is 3. The number of non-ortho nitro benzene ring substituents is 1. The molecule has 2 rings (SSSR count). The molecular weight excluding hydrogens is 391 g/mol. The first kappa shape index (κ1) is 15.1. The van der Waals surface area contributed by atoms with E-state index in [0.717, 1.165) is 14.8 Å². The molecule has 0 saturated carbocycles. The van der Waals surface area contributed by atoms with E-state index < -0.39 is 4.92 Å². The fourth-order valence-corrected chi connectivity index (χ4v) is 2.72. The zero-order valence-corrected chi connectivity index (χ0v) is 13.6. The van der Waals surface area contributed by atoms with Gasteiger partial charge in [-0.05, 0) is 53.3 Å². The summed E-state index contributed by atoms with van der Waals surface area (Å²) in [5.41, 5.74) is 1.90. The van der Waals surface area contributed by atoms with Crippen molar-refractivity contribution in [1.82, 2.24) is 0 Å². The monoisotopic (exact) mass is 402 g/mol. The second kappa shape index (κ2) is 6.41. The van der Waals surface area contributed by atoms with Crippen molar-refractivity contribution in [3.8, 4) is 0 Å². The van der Waals surface area contributed by atoms with Gasteiger partial charge in [-0.2, -0.15) is 0 Å². The van der Waals surface area contributed by atoms with Crippen LogP contribution in [0.3, 0.4) is 0 Å². The largest absolute Gasteiger partial charge is 0.377 e. The normalized spacial score (nSPS) is 11.9. The van der Waals surface area contributed by atoms with Gasteiger partial charge in [-0.15, -0.1) is 0 Å². The van der Waals surface area contributed by atoms with Crippen molar-refractivity contribution < 1.29 is 4.92 Å². The van der Waals surface area contributed by atoms with Crippen LogP contribution < -0.4 is 5.32 Å². The molecule has 1 N–H and O–H groups in total. The predicted octanol–water partition coefficient (Wildman–Crippen LogP) is 5.03. The van der Waals surface area contributed by atoms with Gasteiger partial charge in [-0.3, -0.25) is 10.1 Å². The minimum Gasteiger partial charge on any atom is -0.377 e. The molecule has 0 bridgehead atoms. The van der Waals surface area contributed by atoms with Crippen molar-refractivity contribution in [3.63, 3.8) is 0 Å². The van der Waals surface area contributed by atoms with E-state index in [1.807, 2.05) is 25.1 Å². The molecule has 20 heavy (non-hydrogen) atoms. The highest BCUT2D eigenvalue weighted by atomic mass is 127. The summed E-state index contributed by atoms with van der Waals surface area (Å²) in [5.74, 6) is 0. The van der Waals surface area contributed by atoms with E-state index in [-0.39, 0.29) is 11.7 Å². The number of halogens is 2. The van der Waals surface area contributed by atoms with E-state index in [1.54, 1.807) is 12.1 Å². The first-order valence-electron chi connectivity index (χ1n) is 5.93. The van der Waals surface area contributed by atoms with Crippen molar-refractivity contribution in [2.75, 3.05) is 5.32 Å². The molecule has 0 amide bonds. The van der Waals surface area contributed by atoms with E-state index >= 15 is 0 Å². The number of rotatable bonds is 4. The van der Waals surface area contributed by atoms with E-state index in [2.05, 4.69) is 27.9 Å². The van der Waals surface area contributed by atoms with Gasteiger partial charge in [0.2, 0.25) is 0 Å². The molecule has 0 aromatic heterocycles.